The molecule has 0 saturated heterocycles. The Morgan fingerprint density at radius 1 is 1.29 bits per heavy atom. The van der Waals surface area contributed by atoms with E-state index in [9.17, 15) is 14.4 Å². The molecule has 0 atom stereocenters. The summed E-state index contributed by atoms with van der Waals surface area (Å²) in [5, 5.41) is 8.51. The van der Waals surface area contributed by atoms with Crippen LogP contribution in [0.1, 0.15) is 20.3 Å². The van der Waals surface area contributed by atoms with Gasteiger partial charge in [-0.1, -0.05) is 13.5 Å². The molecule has 0 rings (SSSR count). The molecule has 0 amide bonds. The number of ether oxygens (including phenoxy) is 2. The van der Waals surface area contributed by atoms with Gasteiger partial charge in [-0.25, -0.2) is 14.4 Å². The number of hydrogen-bond donors (Lipinski definition) is 1. The van der Waals surface area contributed by atoms with Gasteiger partial charge in [-0.3, -0.25) is 0 Å². The third-order valence-corrected chi connectivity index (χ3v) is 1.44. The topological polar surface area (TPSA) is 89.9 Å². The fraction of sp³-hybridized carbons (Fsp3) is 0.364. The smallest absolute Gasteiger partial charge is 0.374 e. The van der Waals surface area contributed by atoms with Crippen molar-refractivity contribution in [2.45, 2.75) is 20.3 Å². The molecule has 17 heavy (non-hydrogen) atoms. The molecular weight excluding hydrogens is 228 g/mol. The third-order valence-electron chi connectivity index (χ3n) is 1.44. The molecule has 0 bridgehead atoms. The molecule has 0 aliphatic carbocycles. The Kier molecular flexibility index (Phi) is 6.32. The lowest BCUT2D eigenvalue weighted by Gasteiger charge is -2.07. The van der Waals surface area contributed by atoms with Crippen molar-refractivity contribution in [2.24, 2.45) is 0 Å². The van der Waals surface area contributed by atoms with Crippen molar-refractivity contribution in [1.82, 2.24) is 0 Å². The average Bonchev–Trinajstić information content (AvgIpc) is 2.23. The molecule has 0 radical (unpaired) electrons. The van der Waals surface area contributed by atoms with Crippen molar-refractivity contribution in [1.29, 1.82) is 0 Å². The van der Waals surface area contributed by atoms with E-state index in [0.29, 0.717) is 12.5 Å². The van der Waals surface area contributed by atoms with Crippen LogP contribution in [-0.2, 0) is 23.9 Å². The summed E-state index contributed by atoms with van der Waals surface area (Å²) in [5.74, 6) is -3.96. The number of aliphatic carboxylic acids is 1. The number of hydrogen-bond acceptors (Lipinski definition) is 5. The van der Waals surface area contributed by atoms with E-state index < -0.39 is 23.7 Å². The predicted molar refractivity (Wildman–Crippen MR) is 57.9 cm³/mol. The highest BCUT2D eigenvalue weighted by Gasteiger charge is 2.18. The zero-order chi connectivity index (χ0) is 13.4. The van der Waals surface area contributed by atoms with Crippen LogP contribution in [0.15, 0.2) is 24.0 Å². The first kappa shape index (κ1) is 14.9. The number of carboxylic acids is 1. The van der Waals surface area contributed by atoms with Gasteiger partial charge in [0.15, 0.2) is 0 Å². The third kappa shape index (κ3) is 6.14. The minimum atomic E-state index is -1.41. The molecule has 0 aromatic carbocycles. The molecule has 1 N–H and O–H groups in total. The molecule has 0 aliphatic rings. The summed E-state index contributed by atoms with van der Waals surface area (Å²) in [6, 6.07) is 0. The molecule has 0 aromatic rings. The lowest BCUT2D eigenvalue weighted by molar-refractivity contribution is -0.150. The second-order valence-electron chi connectivity index (χ2n) is 3.15. The number of carboxylic acid groups (broad SMARTS) is 1. The van der Waals surface area contributed by atoms with E-state index in [1.807, 2.05) is 0 Å². The molecule has 6 heteroatoms. The maximum Gasteiger partial charge on any atom is 0.374 e. The summed E-state index contributed by atoms with van der Waals surface area (Å²) in [5.41, 5.74) is 0.0459. The van der Waals surface area contributed by atoms with Crippen molar-refractivity contribution < 1.29 is 29.0 Å². The summed E-state index contributed by atoms with van der Waals surface area (Å²) < 4.78 is 9.21. The second-order valence-corrected chi connectivity index (χ2v) is 3.15. The number of carbonyl (C=O) groups excluding carboxylic acids is 2. The number of carbonyl (C=O) groups is 3. The molecule has 0 unspecified atom stereocenters. The Labute approximate surface area is 98.5 Å². The van der Waals surface area contributed by atoms with Crippen LogP contribution < -0.4 is 0 Å². The molecular formula is C11H14O6. The summed E-state index contributed by atoms with van der Waals surface area (Å²) >= 11 is 0. The molecule has 6 nitrogen and oxygen atoms in total. The minimum Gasteiger partial charge on any atom is -0.478 e. The molecule has 0 aliphatic heterocycles. The van der Waals surface area contributed by atoms with Gasteiger partial charge in [0.05, 0.1) is 12.7 Å². The summed E-state index contributed by atoms with van der Waals surface area (Å²) in [6.07, 6.45) is 1.04. The zero-order valence-electron chi connectivity index (χ0n) is 9.69. The van der Waals surface area contributed by atoms with Crippen LogP contribution in [0.4, 0.5) is 0 Å². The molecule has 94 valence electrons. The van der Waals surface area contributed by atoms with Crippen LogP contribution in [0, 0.1) is 0 Å². The van der Waals surface area contributed by atoms with Crippen LogP contribution in [0.5, 0.6) is 0 Å². The van der Waals surface area contributed by atoms with Gasteiger partial charge < -0.3 is 14.6 Å². The highest BCUT2D eigenvalue weighted by Crippen LogP contribution is 2.05. The van der Waals surface area contributed by atoms with Crippen LogP contribution in [0.25, 0.3) is 0 Å². The Hall–Kier alpha value is -2.11. The monoisotopic (exact) mass is 242 g/mol. The molecule has 0 saturated carbocycles. The van der Waals surface area contributed by atoms with Gasteiger partial charge in [-0.2, -0.15) is 0 Å². The summed E-state index contributed by atoms with van der Waals surface area (Å²) in [4.78, 5) is 32.9. The molecule has 0 fully saturated rings. The number of esters is 2. The van der Waals surface area contributed by atoms with Gasteiger partial charge in [-0.05, 0) is 13.3 Å². The van der Waals surface area contributed by atoms with Gasteiger partial charge >= 0.3 is 17.9 Å². The van der Waals surface area contributed by atoms with Gasteiger partial charge in [0.25, 0.3) is 0 Å². The predicted octanol–water partition coefficient (Wildman–Crippen LogP) is 1.03. The summed E-state index contributed by atoms with van der Waals surface area (Å²) in [7, 11) is 0. The first-order chi connectivity index (χ1) is 7.88. The van der Waals surface area contributed by atoms with Gasteiger partial charge in [0, 0.05) is 5.57 Å². The van der Waals surface area contributed by atoms with E-state index in [0.717, 1.165) is 0 Å². The molecule has 0 heterocycles. The van der Waals surface area contributed by atoms with Crippen molar-refractivity contribution in [3.8, 4) is 0 Å². The van der Waals surface area contributed by atoms with Gasteiger partial charge in [0.2, 0.25) is 5.76 Å². The SMILES string of the molecule is C=C(C)C(=O)O/C(=C/C(=O)O)C(=O)OCCC. The fourth-order valence-electron chi connectivity index (χ4n) is 0.695. The second kappa shape index (κ2) is 7.21. The van der Waals surface area contributed by atoms with Crippen LogP contribution >= 0.6 is 0 Å². The Balaban J connectivity index is 4.78. The van der Waals surface area contributed by atoms with E-state index in [4.69, 9.17) is 5.11 Å². The molecule has 0 spiro atoms. The first-order valence-corrected chi connectivity index (χ1v) is 4.88. The molecule has 0 aromatic heterocycles. The Morgan fingerprint density at radius 2 is 1.88 bits per heavy atom. The highest BCUT2D eigenvalue weighted by atomic mass is 16.6. The average molecular weight is 242 g/mol. The maximum absolute atomic E-state index is 11.3. The van der Waals surface area contributed by atoms with E-state index in [2.05, 4.69) is 16.1 Å². The maximum atomic E-state index is 11.3. The van der Waals surface area contributed by atoms with E-state index >= 15 is 0 Å². The Morgan fingerprint density at radius 3 is 2.29 bits per heavy atom. The van der Waals surface area contributed by atoms with Crippen LogP contribution in [0.3, 0.4) is 0 Å². The van der Waals surface area contributed by atoms with Gasteiger partial charge in [0.1, 0.15) is 0 Å². The summed E-state index contributed by atoms with van der Waals surface area (Å²) in [6.45, 7) is 6.56. The number of rotatable bonds is 6. The van der Waals surface area contributed by atoms with E-state index in [1.54, 1.807) is 6.92 Å². The van der Waals surface area contributed by atoms with Crippen LogP contribution in [-0.4, -0.2) is 29.6 Å². The quantitative estimate of drug-likeness (QED) is 0.425. The zero-order valence-corrected chi connectivity index (χ0v) is 9.69. The minimum absolute atomic E-state index is 0.0459. The normalized spacial score (nSPS) is 10.6. The highest BCUT2D eigenvalue weighted by molar-refractivity contribution is 5.98. The fourth-order valence-corrected chi connectivity index (χ4v) is 0.695. The largest absolute Gasteiger partial charge is 0.478 e. The van der Waals surface area contributed by atoms with E-state index in [-0.39, 0.29) is 12.2 Å². The van der Waals surface area contributed by atoms with Crippen molar-refractivity contribution in [2.75, 3.05) is 6.61 Å². The van der Waals surface area contributed by atoms with Crippen molar-refractivity contribution in [3.05, 3.63) is 24.0 Å². The standard InChI is InChI=1S/C11H14O6/c1-4-5-16-11(15)8(6-9(12)13)17-10(14)7(2)3/h6H,2,4-5H2,1,3H3,(H,12,13)/b8-6+. The van der Waals surface area contributed by atoms with Gasteiger partial charge in [-0.15, -0.1) is 0 Å². The van der Waals surface area contributed by atoms with E-state index in [1.165, 1.54) is 6.92 Å². The van der Waals surface area contributed by atoms with Crippen molar-refractivity contribution in [3.63, 3.8) is 0 Å². The Bertz CT molecular complexity index is 366. The first-order valence-electron chi connectivity index (χ1n) is 4.88. The van der Waals surface area contributed by atoms with Crippen molar-refractivity contribution >= 4 is 17.9 Å². The lowest BCUT2D eigenvalue weighted by atomic mass is 10.3. The lowest BCUT2D eigenvalue weighted by Crippen LogP contribution is -2.16. The van der Waals surface area contributed by atoms with Crippen LogP contribution in [0.2, 0.25) is 0 Å².